The number of hydrogen-bond acceptors (Lipinski definition) is 5. The van der Waals surface area contributed by atoms with E-state index >= 15 is 0 Å². The van der Waals surface area contributed by atoms with Crippen LogP contribution in [0.3, 0.4) is 0 Å². The molecule has 15 heavy (non-hydrogen) atoms. The zero-order valence-corrected chi connectivity index (χ0v) is 7.58. The maximum absolute atomic E-state index is 11.4. The molecule has 2 aromatic rings. The van der Waals surface area contributed by atoms with Gasteiger partial charge < -0.3 is 20.0 Å². The van der Waals surface area contributed by atoms with Crippen LogP contribution in [0.15, 0.2) is 24.8 Å². The number of H-pyrrole nitrogens is 2. The van der Waals surface area contributed by atoms with Crippen LogP contribution in [-0.4, -0.2) is 43.5 Å². The van der Waals surface area contributed by atoms with E-state index in [4.69, 9.17) is 10.0 Å². The van der Waals surface area contributed by atoms with Gasteiger partial charge in [-0.15, -0.1) is 0 Å². The minimum absolute atomic E-state index is 0. The zero-order valence-electron chi connectivity index (χ0n) is 7.58. The van der Waals surface area contributed by atoms with Gasteiger partial charge in [0.2, 0.25) is 0 Å². The van der Waals surface area contributed by atoms with E-state index in [1.165, 1.54) is 12.4 Å². The quantitative estimate of drug-likeness (QED) is 0.367. The fourth-order valence-electron chi connectivity index (χ4n) is 0.891. The van der Waals surface area contributed by atoms with E-state index in [9.17, 15) is 4.79 Å². The molecule has 0 aliphatic carbocycles. The van der Waals surface area contributed by atoms with Gasteiger partial charge >= 0.3 is 7.69 Å². The smallest absolute Gasteiger partial charge is 0.429 e. The highest BCUT2D eigenvalue weighted by Crippen LogP contribution is 1.98. The first kappa shape index (κ1) is 11.2. The van der Waals surface area contributed by atoms with Crippen molar-refractivity contribution in [1.82, 2.24) is 19.9 Å². The number of ketones is 1. The minimum atomic E-state index is -0.231. The van der Waals surface area contributed by atoms with Crippen LogP contribution in [0.4, 0.5) is 0 Å². The van der Waals surface area contributed by atoms with Crippen LogP contribution in [0.2, 0.25) is 0 Å². The molecule has 2 heterocycles. The molecule has 0 saturated carbocycles. The van der Waals surface area contributed by atoms with Crippen molar-refractivity contribution < 1.29 is 14.8 Å². The number of aromatic amines is 2. The SMILES string of the molecule is O=C(c1ncc[nH]1)c1ncc[nH]1.O[B]O. The third-order valence-corrected chi connectivity index (χ3v) is 1.43. The summed E-state index contributed by atoms with van der Waals surface area (Å²) in [6.07, 6.45) is 6.23. The predicted molar refractivity (Wildman–Crippen MR) is 50.8 cm³/mol. The maximum Gasteiger partial charge on any atom is 0.482 e. The second-order valence-electron chi connectivity index (χ2n) is 2.32. The molecular formula is C7H8BN4O3. The van der Waals surface area contributed by atoms with Crippen LogP contribution in [0.25, 0.3) is 0 Å². The molecule has 0 spiro atoms. The number of nitrogens with zero attached hydrogens (tertiary/aromatic N) is 2. The van der Waals surface area contributed by atoms with Gasteiger partial charge in [-0.2, -0.15) is 0 Å². The summed E-state index contributed by atoms with van der Waals surface area (Å²) in [6, 6.07) is 0. The number of hydrogen-bond donors (Lipinski definition) is 4. The van der Waals surface area contributed by atoms with Gasteiger partial charge in [-0.1, -0.05) is 0 Å². The Balaban J connectivity index is 0.000000337. The zero-order chi connectivity index (χ0) is 11.1. The summed E-state index contributed by atoms with van der Waals surface area (Å²) in [4.78, 5) is 24.4. The lowest BCUT2D eigenvalue weighted by Crippen LogP contribution is -2.05. The molecule has 2 aromatic heterocycles. The molecule has 0 aliphatic heterocycles. The lowest BCUT2D eigenvalue weighted by molar-refractivity contribution is 0.102. The average molecular weight is 207 g/mol. The fraction of sp³-hybridized carbons (Fsp3) is 0. The molecular weight excluding hydrogens is 199 g/mol. The molecule has 77 valence electrons. The Morgan fingerprint density at radius 1 is 1.13 bits per heavy atom. The van der Waals surface area contributed by atoms with Crippen molar-refractivity contribution in [3.05, 3.63) is 36.4 Å². The predicted octanol–water partition coefficient (Wildman–Crippen LogP) is -1.13. The normalized spacial score (nSPS) is 8.93. The van der Waals surface area contributed by atoms with Crippen molar-refractivity contribution in [3.8, 4) is 0 Å². The van der Waals surface area contributed by atoms with Gasteiger partial charge in [0.1, 0.15) is 0 Å². The van der Waals surface area contributed by atoms with E-state index in [1.54, 1.807) is 12.4 Å². The highest BCUT2D eigenvalue weighted by Gasteiger charge is 2.12. The largest absolute Gasteiger partial charge is 0.482 e. The highest BCUT2D eigenvalue weighted by atomic mass is 16.4. The third kappa shape index (κ3) is 3.04. The second kappa shape index (κ2) is 5.73. The summed E-state index contributed by atoms with van der Waals surface area (Å²) < 4.78 is 0. The number of rotatable bonds is 2. The van der Waals surface area contributed by atoms with E-state index in [0.29, 0.717) is 11.6 Å². The molecule has 7 nitrogen and oxygen atoms in total. The van der Waals surface area contributed by atoms with Gasteiger partial charge in [0.05, 0.1) is 0 Å². The Kier molecular flexibility index (Phi) is 4.26. The Hall–Kier alpha value is -1.93. The van der Waals surface area contributed by atoms with E-state index in [-0.39, 0.29) is 13.5 Å². The topological polar surface area (TPSA) is 115 Å². The molecule has 2 rings (SSSR count). The number of imidazole rings is 2. The van der Waals surface area contributed by atoms with Crippen LogP contribution in [0.5, 0.6) is 0 Å². The summed E-state index contributed by atoms with van der Waals surface area (Å²) in [6.45, 7) is 0. The van der Waals surface area contributed by atoms with Gasteiger partial charge in [-0.25, -0.2) is 9.97 Å². The minimum Gasteiger partial charge on any atom is -0.429 e. The molecule has 0 saturated heterocycles. The van der Waals surface area contributed by atoms with Gasteiger partial charge in [0, 0.05) is 24.8 Å². The van der Waals surface area contributed by atoms with Crippen LogP contribution in [-0.2, 0) is 0 Å². The van der Waals surface area contributed by atoms with Crippen molar-refractivity contribution in [2.24, 2.45) is 0 Å². The van der Waals surface area contributed by atoms with Crippen molar-refractivity contribution in [1.29, 1.82) is 0 Å². The highest BCUT2D eigenvalue weighted by molar-refractivity contribution is 6.13. The molecule has 0 amide bonds. The molecule has 0 atom stereocenters. The monoisotopic (exact) mass is 207 g/mol. The summed E-state index contributed by atoms with van der Waals surface area (Å²) in [7, 11) is 0. The average Bonchev–Trinajstić information content (AvgIpc) is 2.92. The van der Waals surface area contributed by atoms with Gasteiger partial charge in [0.25, 0.3) is 5.78 Å². The van der Waals surface area contributed by atoms with Crippen LogP contribution in [0, 0.1) is 0 Å². The van der Waals surface area contributed by atoms with Crippen LogP contribution < -0.4 is 0 Å². The second-order valence-corrected chi connectivity index (χ2v) is 2.32. The lowest BCUT2D eigenvalue weighted by Gasteiger charge is -1.89. The number of nitrogens with one attached hydrogen (secondary N) is 2. The first-order valence-electron chi connectivity index (χ1n) is 3.93. The lowest BCUT2D eigenvalue weighted by atomic mass is 10.3. The van der Waals surface area contributed by atoms with E-state index in [2.05, 4.69) is 19.9 Å². The van der Waals surface area contributed by atoms with Crippen molar-refractivity contribution >= 4 is 13.5 Å². The summed E-state index contributed by atoms with van der Waals surface area (Å²) in [5.74, 6) is 0.361. The van der Waals surface area contributed by atoms with Crippen molar-refractivity contribution in [2.75, 3.05) is 0 Å². The van der Waals surface area contributed by atoms with Crippen LogP contribution >= 0.6 is 0 Å². The number of carbonyl (C=O) groups excluding carboxylic acids is 1. The molecule has 0 fully saturated rings. The van der Waals surface area contributed by atoms with E-state index in [0.717, 1.165) is 0 Å². The number of aromatic nitrogens is 4. The van der Waals surface area contributed by atoms with Crippen LogP contribution in [0.1, 0.15) is 16.4 Å². The van der Waals surface area contributed by atoms with Gasteiger partial charge in [0.15, 0.2) is 11.6 Å². The summed E-state index contributed by atoms with van der Waals surface area (Å²) in [5, 5.41) is 14.0. The Labute approximate surface area is 85.5 Å². The molecule has 0 aliphatic rings. The maximum atomic E-state index is 11.4. The van der Waals surface area contributed by atoms with Gasteiger partial charge in [-0.3, -0.25) is 4.79 Å². The Bertz CT molecular complexity index is 350. The summed E-state index contributed by atoms with van der Waals surface area (Å²) in [5.41, 5.74) is 0. The molecule has 4 N–H and O–H groups in total. The van der Waals surface area contributed by atoms with E-state index < -0.39 is 0 Å². The molecule has 0 bridgehead atoms. The first-order valence-corrected chi connectivity index (χ1v) is 3.93. The first-order chi connectivity index (χ1) is 7.29. The van der Waals surface area contributed by atoms with E-state index in [1.807, 2.05) is 0 Å². The number of carbonyl (C=O) groups is 1. The summed E-state index contributed by atoms with van der Waals surface area (Å²) >= 11 is 0. The molecule has 1 radical (unpaired) electrons. The molecule has 0 unspecified atom stereocenters. The third-order valence-electron chi connectivity index (χ3n) is 1.43. The van der Waals surface area contributed by atoms with Crippen molar-refractivity contribution in [2.45, 2.75) is 0 Å². The standard InChI is InChI=1S/C7H6N4O.BH2O2/c12-5(6-8-1-2-9-6)7-10-3-4-11-7;2-1-3/h1-4H,(H,8,9)(H,10,11);2-3H. The Morgan fingerprint density at radius 2 is 1.53 bits per heavy atom. The molecule has 8 heteroatoms. The Morgan fingerprint density at radius 3 is 1.80 bits per heavy atom. The molecule has 0 aromatic carbocycles. The van der Waals surface area contributed by atoms with Gasteiger partial charge in [-0.05, 0) is 0 Å². The fourth-order valence-corrected chi connectivity index (χ4v) is 0.891. The van der Waals surface area contributed by atoms with Crippen molar-refractivity contribution in [3.63, 3.8) is 0 Å².